The molecule has 0 aliphatic carbocycles. The molecular formula is C10H18O. The van der Waals surface area contributed by atoms with Crippen LogP contribution in [0.15, 0.2) is 23.8 Å². The lowest BCUT2D eigenvalue weighted by Crippen LogP contribution is -2.13. The molecule has 0 heterocycles. The molecule has 0 bridgehead atoms. The second kappa shape index (κ2) is 5.14. The summed E-state index contributed by atoms with van der Waals surface area (Å²) >= 11 is 0. The van der Waals surface area contributed by atoms with Crippen molar-refractivity contribution in [2.24, 2.45) is 5.92 Å². The molecule has 0 spiro atoms. The van der Waals surface area contributed by atoms with E-state index in [4.69, 9.17) is 0 Å². The summed E-state index contributed by atoms with van der Waals surface area (Å²) in [7, 11) is 0. The number of allylic oxidation sites excluding steroid dienone is 3. The summed E-state index contributed by atoms with van der Waals surface area (Å²) in [4.78, 5) is 0. The van der Waals surface area contributed by atoms with Crippen LogP contribution in [0.2, 0.25) is 0 Å². The van der Waals surface area contributed by atoms with Gasteiger partial charge in [-0.2, -0.15) is 0 Å². The maximum Gasteiger partial charge on any atom is 0.0574 e. The molecule has 0 aliphatic rings. The van der Waals surface area contributed by atoms with Crippen LogP contribution in [-0.4, -0.2) is 11.2 Å². The quantitative estimate of drug-likeness (QED) is 0.619. The Morgan fingerprint density at radius 2 is 1.91 bits per heavy atom. The molecule has 0 aromatic heterocycles. The third-order valence-corrected chi connectivity index (χ3v) is 1.99. The highest BCUT2D eigenvalue weighted by atomic mass is 16.3. The van der Waals surface area contributed by atoms with Gasteiger partial charge in [0, 0.05) is 5.92 Å². The van der Waals surface area contributed by atoms with E-state index in [1.807, 2.05) is 45.9 Å². The van der Waals surface area contributed by atoms with E-state index < -0.39 is 0 Å². The summed E-state index contributed by atoms with van der Waals surface area (Å²) in [5.41, 5.74) is 1.22. The molecule has 0 aromatic carbocycles. The first kappa shape index (κ1) is 10.4. The van der Waals surface area contributed by atoms with Crippen LogP contribution < -0.4 is 0 Å². The standard InChI is InChI=1S/C10H18O/c1-5-6-7-8(2)9(3)10(4)11/h5-7,9-11H,1-4H3/b6-5+,8-7+/t9-,10+/m1/s1. The lowest BCUT2D eigenvalue weighted by Gasteiger charge is -2.14. The summed E-state index contributed by atoms with van der Waals surface area (Å²) in [5.74, 6) is 0.256. The Balaban J connectivity index is 4.11. The highest BCUT2D eigenvalue weighted by Gasteiger charge is 2.08. The first-order valence-electron chi connectivity index (χ1n) is 4.07. The molecule has 0 aromatic rings. The molecule has 1 N–H and O–H groups in total. The third-order valence-electron chi connectivity index (χ3n) is 1.99. The van der Waals surface area contributed by atoms with E-state index in [0.29, 0.717) is 0 Å². The maximum atomic E-state index is 9.23. The molecule has 11 heavy (non-hydrogen) atoms. The Bertz CT molecular complexity index is 154. The average molecular weight is 154 g/mol. The van der Waals surface area contributed by atoms with Crippen molar-refractivity contribution in [2.75, 3.05) is 0 Å². The molecule has 0 unspecified atom stereocenters. The van der Waals surface area contributed by atoms with Gasteiger partial charge in [0.25, 0.3) is 0 Å². The smallest absolute Gasteiger partial charge is 0.0574 e. The Morgan fingerprint density at radius 3 is 2.27 bits per heavy atom. The minimum absolute atomic E-state index is 0.253. The van der Waals surface area contributed by atoms with E-state index in [9.17, 15) is 5.11 Å². The molecule has 0 amide bonds. The van der Waals surface area contributed by atoms with Crippen molar-refractivity contribution < 1.29 is 5.11 Å². The van der Waals surface area contributed by atoms with Gasteiger partial charge in [-0.3, -0.25) is 0 Å². The summed E-state index contributed by atoms with van der Waals surface area (Å²) in [6.07, 6.45) is 5.76. The van der Waals surface area contributed by atoms with Crippen molar-refractivity contribution in [1.82, 2.24) is 0 Å². The zero-order valence-electron chi connectivity index (χ0n) is 7.83. The van der Waals surface area contributed by atoms with Gasteiger partial charge in [0.05, 0.1) is 6.10 Å². The van der Waals surface area contributed by atoms with Crippen LogP contribution in [0.3, 0.4) is 0 Å². The highest BCUT2D eigenvalue weighted by Crippen LogP contribution is 2.13. The van der Waals surface area contributed by atoms with Gasteiger partial charge in [-0.1, -0.05) is 30.7 Å². The van der Waals surface area contributed by atoms with Crippen LogP contribution in [-0.2, 0) is 0 Å². The monoisotopic (exact) mass is 154 g/mol. The minimum atomic E-state index is -0.253. The zero-order valence-corrected chi connectivity index (χ0v) is 7.83. The molecular weight excluding hydrogens is 136 g/mol. The number of aliphatic hydroxyl groups is 1. The summed E-state index contributed by atoms with van der Waals surface area (Å²) < 4.78 is 0. The van der Waals surface area contributed by atoms with Crippen LogP contribution in [0, 0.1) is 5.92 Å². The summed E-state index contributed by atoms with van der Waals surface area (Å²) in [6, 6.07) is 0. The van der Waals surface area contributed by atoms with Gasteiger partial charge in [0.1, 0.15) is 0 Å². The molecule has 0 aliphatic heterocycles. The molecule has 0 radical (unpaired) electrons. The first-order chi connectivity index (χ1) is 5.09. The molecule has 1 nitrogen and oxygen atoms in total. The zero-order chi connectivity index (χ0) is 8.85. The highest BCUT2D eigenvalue weighted by molar-refractivity contribution is 5.12. The van der Waals surface area contributed by atoms with Crippen LogP contribution in [0.5, 0.6) is 0 Å². The minimum Gasteiger partial charge on any atom is -0.393 e. The van der Waals surface area contributed by atoms with Crippen molar-refractivity contribution in [3.63, 3.8) is 0 Å². The molecule has 64 valence electrons. The molecule has 0 saturated heterocycles. The van der Waals surface area contributed by atoms with Gasteiger partial charge in [-0.15, -0.1) is 0 Å². The maximum absolute atomic E-state index is 9.23. The van der Waals surface area contributed by atoms with Crippen LogP contribution in [0.1, 0.15) is 27.7 Å². The van der Waals surface area contributed by atoms with Gasteiger partial charge in [0.15, 0.2) is 0 Å². The fourth-order valence-corrected chi connectivity index (χ4v) is 0.780. The lowest BCUT2D eigenvalue weighted by molar-refractivity contribution is 0.152. The summed E-state index contributed by atoms with van der Waals surface area (Å²) in [6.45, 7) is 7.87. The Hall–Kier alpha value is -0.560. The number of rotatable bonds is 3. The number of hydrogen-bond acceptors (Lipinski definition) is 1. The molecule has 0 rings (SSSR count). The second-order valence-corrected chi connectivity index (χ2v) is 2.97. The van der Waals surface area contributed by atoms with Crippen LogP contribution in [0.4, 0.5) is 0 Å². The fraction of sp³-hybridized carbons (Fsp3) is 0.600. The Labute approximate surface area is 69.4 Å². The van der Waals surface area contributed by atoms with Gasteiger partial charge in [0.2, 0.25) is 0 Å². The van der Waals surface area contributed by atoms with Crippen molar-refractivity contribution in [3.05, 3.63) is 23.8 Å². The van der Waals surface area contributed by atoms with E-state index in [1.165, 1.54) is 5.57 Å². The normalized spacial score (nSPS) is 18.8. The average Bonchev–Trinajstić information content (AvgIpc) is 1.98. The van der Waals surface area contributed by atoms with E-state index in [2.05, 4.69) is 0 Å². The predicted octanol–water partition coefficient (Wildman–Crippen LogP) is 2.53. The van der Waals surface area contributed by atoms with Gasteiger partial charge in [-0.25, -0.2) is 0 Å². The second-order valence-electron chi connectivity index (χ2n) is 2.97. The van der Waals surface area contributed by atoms with Crippen molar-refractivity contribution in [3.8, 4) is 0 Å². The molecule has 2 atom stereocenters. The van der Waals surface area contributed by atoms with Gasteiger partial charge < -0.3 is 5.11 Å². The SMILES string of the molecule is C/C=C/C=C(\C)[C@@H](C)[C@H](C)O. The Morgan fingerprint density at radius 1 is 1.36 bits per heavy atom. The van der Waals surface area contributed by atoms with Crippen LogP contribution in [0.25, 0.3) is 0 Å². The van der Waals surface area contributed by atoms with E-state index in [1.54, 1.807) is 0 Å². The molecule has 0 saturated carbocycles. The Kier molecular flexibility index (Phi) is 4.88. The van der Waals surface area contributed by atoms with Gasteiger partial charge >= 0.3 is 0 Å². The van der Waals surface area contributed by atoms with Crippen molar-refractivity contribution in [1.29, 1.82) is 0 Å². The summed E-state index contributed by atoms with van der Waals surface area (Å²) in [5, 5.41) is 9.23. The van der Waals surface area contributed by atoms with E-state index in [0.717, 1.165) is 0 Å². The number of aliphatic hydroxyl groups excluding tert-OH is 1. The third kappa shape index (κ3) is 3.99. The van der Waals surface area contributed by atoms with Crippen molar-refractivity contribution >= 4 is 0 Å². The molecule has 1 heteroatoms. The number of hydrogen-bond donors (Lipinski definition) is 1. The largest absolute Gasteiger partial charge is 0.393 e. The lowest BCUT2D eigenvalue weighted by atomic mass is 9.97. The van der Waals surface area contributed by atoms with Gasteiger partial charge in [-0.05, 0) is 20.8 Å². The topological polar surface area (TPSA) is 20.2 Å². The predicted molar refractivity (Wildman–Crippen MR) is 49.4 cm³/mol. The first-order valence-corrected chi connectivity index (χ1v) is 4.07. The van der Waals surface area contributed by atoms with Crippen LogP contribution >= 0.6 is 0 Å². The molecule has 0 fully saturated rings. The van der Waals surface area contributed by atoms with Crippen molar-refractivity contribution in [2.45, 2.75) is 33.8 Å². The van der Waals surface area contributed by atoms with E-state index in [-0.39, 0.29) is 12.0 Å². The fourth-order valence-electron chi connectivity index (χ4n) is 0.780. The van der Waals surface area contributed by atoms with E-state index >= 15 is 0 Å².